The second kappa shape index (κ2) is 6.84. The number of amides is 3. The largest absolute Gasteiger partial charge is 0.417 e. The number of nitrogens with zero attached hydrogens (tertiary/aromatic N) is 3. The van der Waals surface area contributed by atoms with Gasteiger partial charge in [0.15, 0.2) is 0 Å². The van der Waals surface area contributed by atoms with Crippen molar-refractivity contribution in [3.8, 4) is 6.07 Å². The van der Waals surface area contributed by atoms with Crippen molar-refractivity contribution in [2.45, 2.75) is 37.0 Å². The Bertz CT molecular complexity index is 1250. The lowest BCUT2D eigenvalue weighted by molar-refractivity contribution is -0.137. The maximum Gasteiger partial charge on any atom is 0.417 e. The number of urea groups is 1. The highest BCUT2D eigenvalue weighted by molar-refractivity contribution is 8.45. The third-order valence-electron chi connectivity index (χ3n) is 5.20. The summed E-state index contributed by atoms with van der Waals surface area (Å²) in [6.07, 6.45) is -4.98. The fourth-order valence-corrected chi connectivity index (χ4v) is 4.11. The highest BCUT2D eigenvalue weighted by Crippen LogP contribution is 3.02. The van der Waals surface area contributed by atoms with Gasteiger partial charge in [0.1, 0.15) is 10.4 Å². The van der Waals surface area contributed by atoms with Gasteiger partial charge in [-0.25, -0.2) is 9.69 Å². The molecule has 3 amide bonds. The zero-order chi connectivity index (χ0) is 26.0. The molecule has 0 unspecified atom stereocenters. The van der Waals surface area contributed by atoms with E-state index in [1.54, 1.807) is 0 Å². The van der Waals surface area contributed by atoms with Gasteiger partial charge in [0.05, 0.1) is 22.9 Å². The zero-order valence-electron chi connectivity index (χ0n) is 17.3. The average molecular weight is 513 g/mol. The first kappa shape index (κ1) is 25.3. The van der Waals surface area contributed by atoms with Crippen LogP contribution in [-0.2, 0) is 17.5 Å². The Hall–Kier alpha value is -3.34. The molecule has 0 saturated carbocycles. The Morgan fingerprint density at radius 2 is 1.62 bits per heavy atom. The molecule has 0 aromatic heterocycles. The van der Waals surface area contributed by atoms with Crippen molar-refractivity contribution in [3.05, 3.63) is 59.2 Å². The summed E-state index contributed by atoms with van der Waals surface area (Å²) in [5.74, 6) is -1.00. The maximum atomic E-state index is 13.3. The standard InChI is InChI=1S/C20H15F8N3O2S/c1-19(2)17(32)31(14-7-6-13(10-29)16(9-14)20(21,22)23)18(33)30(19)11-12-4-3-5-15(8-12)34(24,25,26,27)28/h3-9H,11H2,1-2H3. The fraction of sp³-hybridized carbons (Fsp3) is 0.250. The highest BCUT2D eigenvalue weighted by atomic mass is 32.5. The van der Waals surface area contributed by atoms with E-state index < -0.39 is 62.1 Å². The molecular formula is C20H15F8N3O2S. The molecule has 1 fully saturated rings. The van der Waals surface area contributed by atoms with Crippen LogP contribution in [-0.4, -0.2) is 22.4 Å². The normalized spacial score (nSPS) is 18.5. The molecule has 34 heavy (non-hydrogen) atoms. The first-order chi connectivity index (χ1) is 15.2. The smallest absolute Gasteiger partial charge is 0.305 e. The Kier molecular flexibility index (Phi) is 5.09. The van der Waals surface area contributed by atoms with Crippen molar-refractivity contribution >= 4 is 27.8 Å². The molecule has 5 nitrogen and oxygen atoms in total. The van der Waals surface area contributed by atoms with Crippen LogP contribution in [0.5, 0.6) is 0 Å². The number of rotatable bonds is 4. The fourth-order valence-electron chi connectivity index (χ4n) is 3.40. The number of halogens is 8. The van der Waals surface area contributed by atoms with E-state index in [2.05, 4.69) is 0 Å². The minimum Gasteiger partial charge on any atom is -0.305 e. The molecular weight excluding hydrogens is 498 g/mol. The van der Waals surface area contributed by atoms with Crippen molar-refractivity contribution < 1.29 is 42.2 Å². The van der Waals surface area contributed by atoms with Crippen molar-refractivity contribution in [1.29, 1.82) is 5.26 Å². The number of nitriles is 1. The number of hydrogen-bond acceptors (Lipinski definition) is 3. The molecule has 0 N–H and O–H groups in total. The summed E-state index contributed by atoms with van der Waals surface area (Å²) in [5, 5.41) is 8.91. The maximum absolute atomic E-state index is 13.3. The quantitative estimate of drug-likeness (QED) is 0.327. The number of carbonyl (C=O) groups is 2. The summed E-state index contributed by atoms with van der Waals surface area (Å²) in [5.41, 5.74) is -4.78. The van der Waals surface area contributed by atoms with Crippen molar-refractivity contribution in [2.24, 2.45) is 0 Å². The van der Waals surface area contributed by atoms with Crippen LogP contribution in [0.4, 0.5) is 43.1 Å². The van der Waals surface area contributed by atoms with Gasteiger partial charge in [-0.15, -0.1) is 0 Å². The number of hydrogen-bond donors (Lipinski definition) is 0. The van der Waals surface area contributed by atoms with Crippen LogP contribution in [0.3, 0.4) is 0 Å². The minimum atomic E-state index is -10.0. The van der Waals surface area contributed by atoms with Crippen molar-refractivity contribution in [3.63, 3.8) is 0 Å². The van der Waals surface area contributed by atoms with Crippen LogP contribution < -0.4 is 4.90 Å². The van der Waals surface area contributed by atoms with Gasteiger partial charge >= 0.3 is 22.4 Å². The van der Waals surface area contributed by atoms with Gasteiger partial charge in [0, 0.05) is 6.54 Å². The Morgan fingerprint density at radius 1 is 1.00 bits per heavy atom. The summed E-state index contributed by atoms with van der Waals surface area (Å²) in [6, 6.07) is 4.40. The molecule has 0 aliphatic carbocycles. The molecule has 2 aromatic carbocycles. The third kappa shape index (κ3) is 4.52. The second-order valence-electron chi connectivity index (χ2n) is 8.02. The SMILES string of the molecule is CC1(C)C(=O)N(c2ccc(C#N)c(C(F)(F)F)c2)C(=O)N1Cc1cccc(S(F)(F)(F)(F)F)c1. The highest BCUT2D eigenvalue weighted by Gasteiger charge is 2.65. The van der Waals surface area contributed by atoms with Crippen LogP contribution in [0.15, 0.2) is 47.4 Å². The van der Waals surface area contributed by atoms with E-state index in [0.29, 0.717) is 17.0 Å². The Labute approximate surface area is 187 Å². The van der Waals surface area contributed by atoms with Crippen LogP contribution in [0.2, 0.25) is 0 Å². The molecule has 3 rings (SSSR count). The second-order valence-corrected chi connectivity index (χ2v) is 10.4. The lowest BCUT2D eigenvalue weighted by atomic mass is 10.0. The van der Waals surface area contributed by atoms with E-state index in [0.717, 1.165) is 23.1 Å². The molecule has 0 spiro atoms. The molecule has 1 heterocycles. The molecule has 14 heteroatoms. The summed E-state index contributed by atoms with van der Waals surface area (Å²) >= 11 is 0. The molecule has 1 saturated heterocycles. The Morgan fingerprint density at radius 3 is 2.15 bits per heavy atom. The summed E-state index contributed by atoms with van der Waals surface area (Å²) < 4.78 is 106. The predicted molar refractivity (Wildman–Crippen MR) is 107 cm³/mol. The van der Waals surface area contributed by atoms with E-state index in [4.69, 9.17) is 5.26 Å². The number of alkyl halides is 3. The summed E-state index contributed by atoms with van der Waals surface area (Å²) in [6.45, 7) is 1.70. The van der Waals surface area contributed by atoms with Gasteiger partial charge in [-0.1, -0.05) is 31.6 Å². The molecule has 0 atom stereocenters. The number of anilines is 1. The van der Waals surface area contributed by atoms with E-state index in [9.17, 15) is 42.2 Å². The molecule has 1 aliphatic heterocycles. The molecule has 0 radical (unpaired) electrons. The number of carbonyl (C=O) groups excluding carboxylic acids is 2. The molecule has 0 bridgehead atoms. The van der Waals surface area contributed by atoms with Crippen molar-refractivity contribution in [2.75, 3.05) is 4.90 Å². The molecule has 1 aliphatic rings. The monoisotopic (exact) mass is 513 g/mol. The predicted octanol–water partition coefficient (Wildman–Crippen LogP) is 6.98. The first-order valence-electron chi connectivity index (χ1n) is 9.27. The van der Waals surface area contributed by atoms with Gasteiger partial charge in [0.25, 0.3) is 5.91 Å². The van der Waals surface area contributed by atoms with Gasteiger partial charge in [-0.3, -0.25) is 4.79 Å². The summed E-state index contributed by atoms with van der Waals surface area (Å²) in [7, 11) is -10.0. The lowest BCUT2D eigenvalue weighted by Crippen LogP contribution is -2.43. The molecule has 184 valence electrons. The average Bonchev–Trinajstić information content (AvgIpc) is 2.85. The topological polar surface area (TPSA) is 64.4 Å². The third-order valence-corrected chi connectivity index (χ3v) is 6.34. The van der Waals surface area contributed by atoms with E-state index >= 15 is 0 Å². The minimum absolute atomic E-state index is 0.154. The van der Waals surface area contributed by atoms with E-state index in [-0.39, 0.29) is 17.7 Å². The van der Waals surface area contributed by atoms with Gasteiger partial charge in [-0.2, -0.15) is 18.4 Å². The van der Waals surface area contributed by atoms with E-state index in [1.165, 1.54) is 19.9 Å². The first-order valence-corrected chi connectivity index (χ1v) is 11.2. The lowest BCUT2D eigenvalue weighted by Gasteiger charge is -2.40. The molecule has 2 aromatic rings. The Balaban J connectivity index is 2.03. The number of benzene rings is 2. The van der Waals surface area contributed by atoms with Gasteiger partial charge < -0.3 is 4.90 Å². The van der Waals surface area contributed by atoms with Crippen LogP contribution in [0.1, 0.15) is 30.5 Å². The zero-order valence-corrected chi connectivity index (χ0v) is 18.2. The van der Waals surface area contributed by atoms with Gasteiger partial charge in [-0.05, 0) is 49.7 Å². The van der Waals surface area contributed by atoms with Crippen molar-refractivity contribution in [1.82, 2.24) is 4.90 Å². The number of imide groups is 1. The van der Waals surface area contributed by atoms with Crippen LogP contribution >= 0.6 is 10.2 Å². The summed E-state index contributed by atoms with van der Waals surface area (Å²) in [4.78, 5) is 24.8. The van der Waals surface area contributed by atoms with Crippen LogP contribution in [0, 0.1) is 11.3 Å². The van der Waals surface area contributed by atoms with Crippen LogP contribution in [0.25, 0.3) is 0 Å². The van der Waals surface area contributed by atoms with Gasteiger partial charge in [0.2, 0.25) is 0 Å². The van der Waals surface area contributed by atoms with E-state index in [1.807, 2.05) is 0 Å².